The molecule has 1 fully saturated rings. The van der Waals surface area contributed by atoms with Crippen LogP contribution in [0.2, 0.25) is 5.02 Å². The summed E-state index contributed by atoms with van der Waals surface area (Å²) in [5, 5.41) is 0.509. The molecule has 0 heterocycles. The number of methoxy groups -OCH3 is 1. The molecular weight excluding hydrogens is 494 g/mol. The molecule has 3 rings (SSSR count). The van der Waals surface area contributed by atoms with Crippen LogP contribution in [0.1, 0.15) is 88.3 Å². The van der Waals surface area contributed by atoms with Gasteiger partial charge in [0.05, 0.1) is 12.0 Å². The summed E-state index contributed by atoms with van der Waals surface area (Å²) in [6, 6.07) is 14.2. The van der Waals surface area contributed by atoms with Crippen LogP contribution in [0.3, 0.4) is 0 Å². The van der Waals surface area contributed by atoms with Crippen LogP contribution in [0.25, 0.3) is 0 Å². The van der Waals surface area contributed by atoms with E-state index in [0.29, 0.717) is 11.4 Å². The monoisotopic (exact) mass is 533 g/mol. The van der Waals surface area contributed by atoms with E-state index < -0.39 is 10.0 Å². The van der Waals surface area contributed by atoms with E-state index in [1.165, 1.54) is 32.8 Å². The summed E-state index contributed by atoms with van der Waals surface area (Å²) in [4.78, 5) is 11.6. The van der Waals surface area contributed by atoms with Crippen LogP contribution in [0.4, 0.5) is 0 Å². The van der Waals surface area contributed by atoms with Gasteiger partial charge in [-0.3, -0.25) is 4.79 Å². The lowest BCUT2D eigenvalue weighted by Gasteiger charge is -2.34. The van der Waals surface area contributed by atoms with E-state index in [0.717, 1.165) is 55.6 Å². The van der Waals surface area contributed by atoms with Gasteiger partial charge in [-0.05, 0) is 72.9 Å². The maximum Gasteiger partial charge on any atom is 0.305 e. The minimum Gasteiger partial charge on any atom is -0.469 e. The van der Waals surface area contributed by atoms with E-state index in [1.54, 1.807) is 24.3 Å². The molecule has 1 aliphatic carbocycles. The lowest BCUT2D eigenvalue weighted by atomic mass is 9.75. The number of ether oxygens (including phenoxy) is 1. The van der Waals surface area contributed by atoms with Crippen LogP contribution in [-0.2, 0) is 26.0 Å². The Labute approximate surface area is 222 Å². The maximum atomic E-state index is 13.3. The number of nitrogens with one attached hydrogen (secondary N) is 1. The molecule has 2 aromatic carbocycles. The van der Waals surface area contributed by atoms with Gasteiger partial charge in [0.15, 0.2) is 0 Å². The molecule has 7 heteroatoms. The van der Waals surface area contributed by atoms with Crippen LogP contribution in [0.5, 0.6) is 0 Å². The summed E-state index contributed by atoms with van der Waals surface area (Å²) in [6.07, 6.45) is 11.3. The number of sulfonamides is 1. The highest BCUT2D eigenvalue weighted by molar-refractivity contribution is 7.89. The fraction of sp³-hybridized carbons (Fsp3) is 0.552. The first kappa shape index (κ1) is 28.7. The van der Waals surface area contributed by atoms with Crippen molar-refractivity contribution in [2.75, 3.05) is 7.11 Å². The molecule has 0 radical (unpaired) electrons. The van der Waals surface area contributed by atoms with Gasteiger partial charge in [0, 0.05) is 17.5 Å². The number of aryl methyl sites for hydroxylation is 1. The van der Waals surface area contributed by atoms with Crippen molar-refractivity contribution < 1.29 is 17.9 Å². The van der Waals surface area contributed by atoms with Crippen molar-refractivity contribution in [1.29, 1.82) is 0 Å². The molecule has 0 spiro atoms. The number of esters is 1. The minimum atomic E-state index is -3.70. The lowest BCUT2D eigenvalue weighted by molar-refractivity contribution is -0.140. The van der Waals surface area contributed by atoms with Crippen LogP contribution in [0.15, 0.2) is 53.4 Å². The maximum absolute atomic E-state index is 13.3. The van der Waals surface area contributed by atoms with Gasteiger partial charge in [-0.1, -0.05) is 81.3 Å². The Balaban J connectivity index is 1.74. The van der Waals surface area contributed by atoms with Crippen molar-refractivity contribution in [3.63, 3.8) is 0 Å². The number of halogens is 1. The van der Waals surface area contributed by atoms with Crippen molar-refractivity contribution in [3.05, 3.63) is 64.7 Å². The van der Waals surface area contributed by atoms with Gasteiger partial charge in [-0.2, -0.15) is 0 Å². The largest absolute Gasteiger partial charge is 0.469 e. The van der Waals surface area contributed by atoms with E-state index in [2.05, 4.69) is 11.6 Å². The Morgan fingerprint density at radius 1 is 1.00 bits per heavy atom. The quantitative estimate of drug-likeness (QED) is 0.217. The molecule has 0 amide bonds. The average molecular weight is 534 g/mol. The van der Waals surface area contributed by atoms with E-state index in [9.17, 15) is 13.2 Å². The molecule has 2 aromatic rings. The van der Waals surface area contributed by atoms with Crippen molar-refractivity contribution in [3.8, 4) is 0 Å². The zero-order chi connectivity index (χ0) is 26.0. The standard InChI is InChI=1S/C29H40ClNO4S/c1-3-4-5-7-22-10-14-24(15-11-22)29(31-36(33,34)27-20-18-26(30)19-21-27)25-16-12-23(13-17-25)8-6-9-28(32)35-2/h12-13,16-22,24,29,31H,3-11,14-15H2,1-2H3/t22-,24-,29?. The highest BCUT2D eigenvalue weighted by Crippen LogP contribution is 2.39. The third-order valence-electron chi connectivity index (χ3n) is 7.40. The summed E-state index contributed by atoms with van der Waals surface area (Å²) in [5.41, 5.74) is 2.11. The smallest absolute Gasteiger partial charge is 0.305 e. The van der Waals surface area contributed by atoms with E-state index >= 15 is 0 Å². The minimum absolute atomic E-state index is 0.200. The molecule has 36 heavy (non-hydrogen) atoms. The fourth-order valence-electron chi connectivity index (χ4n) is 5.21. The predicted molar refractivity (Wildman–Crippen MR) is 146 cm³/mol. The van der Waals surface area contributed by atoms with Crippen molar-refractivity contribution >= 4 is 27.6 Å². The highest BCUT2D eigenvalue weighted by atomic mass is 35.5. The molecule has 5 nitrogen and oxygen atoms in total. The van der Waals surface area contributed by atoms with E-state index in [1.807, 2.05) is 24.3 Å². The molecule has 1 N–H and O–H groups in total. The number of rotatable bonds is 13. The number of benzene rings is 2. The molecule has 0 aliphatic heterocycles. The van der Waals surface area contributed by atoms with E-state index in [-0.39, 0.29) is 22.8 Å². The zero-order valence-electron chi connectivity index (χ0n) is 21.5. The third kappa shape index (κ3) is 8.60. The molecule has 1 aliphatic rings. The molecule has 1 saturated carbocycles. The number of unbranched alkanes of at least 4 members (excludes halogenated alkanes) is 2. The first-order valence-corrected chi connectivity index (χ1v) is 15.1. The van der Waals surface area contributed by atoms with Crippen molar-refractivity contribution in [2.24, 2.45) is 11.8 Å². The molecule has 1 atom stereocenters. The SMILES string of the molecule is CCCCC[C@H]1CC[C@H](C(NS(=O)(=O)c2ccc(Cl)cc2)c2ccc(CCCC(=O)OC)cc2)CC1. The Morgan fingerprint density at radius 2 is 1.67 bits per heavy atom. The number of carbonyl (C=O) groups is 1. The third-order valence-corrected chi connectivity index (χ3v) is 9.11. The van der Waals surface area contributed by atoms with Gasteiger partial charge in [-0.15, -0.1) is 0 Å². The molecule has 0 saturated heterocycles. The van der Waals surface area contributed by atoms with Crippen LogP contribution in [0, 0.1) is 11.8 Å². The first-order valence-electron chi connectivity index (χ1n) is 13.3. The second-order valence-electron chi connectivity index (χ2n) is 10.0. The van der Waals surface area contributed by atoms with Gasteiger partial charge in [0.25, 0.3) is 0 Å². The van der Waals surface area contributed by atoms with Crippen LogP contribution < -0.4 is 4.72 Å². The summed E-state index contributed by atoms with van der Waals surface area (Å²) < 4.78 is 34.4. The number of hydrogen-bond donors (Lipinski definition) is 1. The average Bonchev–Trinajstić information content (AvgIpc) is 2.88. The Hall–Kier alpha value is -1.89. The van der Waals surface area contributed by atoms with E-state index in [4.69, 9.17) is 16.3 Å². The zero-order valence-corrected chi connectivity index (χ0v) is 23.1. The van der Waals surface area contributed by atoms with Gasteiger partial charge >= 0.3 is 5.97 Å². The van der Waals surface area contributed by atoms with Gasteiger partial charge in [-0.25, -0.2) is 13.1 Å². The van der Waals surface area contributed by atoms with Crippen LogP contribution in [-0.4, -0.2) is 21.5 Å². The highest BCUT2D eigenvalue weighted by Gasteiger charge is 2.32. The Morgan fingerprint density at radius 3 is 2.28 bits per heavy atom. The summed E-state index contributed by atoms with van der Waals surface area (Å²) in [6.45, 7) is 2.23. The number of hydrogen-bond acceptors (Lipinski definition) is 4. The summed E-state index contributed by atoms with van der Waals surface area (Å²) in [7, 11) is -2.30. The molecule has 0 bridgehead atoms. The topological polar surface area (TPSA) is 72.5 Å². The molecule has 198 valence electrons. The van der Waals surface area contributed by atoms with Gasteiger partial charge < -0.3 is 4.74 Å². The fourth-order valence-corrected chi connectivity index (χ4v) is 6.63. The van der Waals surface area contributed by atoms with Gasteiger partial charge in [0.1, 0.15) is 0 Å². The van der Waals surface area contributed by atoms with Crippen molar-refractivity contribution in [1.82, 2.24) is 4.72 Å². The molecule has 0 aromatic heterocycles. The van der Waals surface area contributed by atoms with Gasteiger partial charge in [0.2, 0.25) is 10.0 Å². The lowest BCUT2D eigenvalue weighted by Crippen LogP contribution is -2.35. The Bertz CT molecular complexity index is 1050. The first-order chi connectivity index (χ1) is 17.3. The normalized spacial score (nSPS) is 19.1. The molecular formula is C29H40ClNO4S. The number of carbonyl (C=O) groups excluding carboxylic acids is 1. The molecule has 1 unspecified atom stereocenters. The van der Waals surface area contributed by atoms with Crippen LogP contribution >= 0.6 is 11.6 Å². The Kier molecular flexibility index (Phi) is 11.3. The summed E-state index contributed by atoms with van der Waals surface area (Å²) in [5.74, 6) is 0.798. The summed E-state index contributed by atoms with van der Waals surface area (Å²) >= 11 is 5.98. The second-order valence-corrected chi connectivity index (χ2v) is 12.2. The predicted octanol–water partition coefficient (Wildman–Crippen LogP) is 7.24. The second kappa shape index (κ2) is 14.2. The van der Waals surface area contributed by atoms with Crippen molar-refractivity contribution in [2.45, 2.75) is 88.5 Å².